The van der Waals surface area contributed by atoms with E-state index in [0.29, 0.717) is 18.0 Å². The zero-order valence-corrected chi connectivity index (χ0v) is 17.2. The molecule has 6 nitrogen and oxygen atoms in total. The third kappa shape index (κ3) is 6.44. The molecule has 6 heteroatoms. The molecule has 0 saturated carbocycles. The number of hydrogen-bond acceptors (Lipinski definition) is 4. The maximum atomic E-state index is 12.6. The summed E-state index contributed by atoms with van der Waals surface area (Å²) in [6.45, 7) is 2.13. The van der Waals surface area contributed by atoms with Gasteiger partial charge >= 0.3 is 0 Å². The summed E-state index contributed by atoms with van der Waals surface area (Å²) in [5.41, 5.74) is 1.28. The number of unbranched alkanes of at least 4 members (excludes halogenated alkanes) is 1. The summed E-state index contributed by atoms with van der Waals surface area (Å²) in [7, 11) is 0. The molecule has 0 radical (unpaired) electrons. The molecule has 0 unspecified atom stereocenters. The number of aromatic hydroxyl groups is 1. The van der Waals surface area contributed by atoms with Gasteiger partial charge in [-0.1, -0.05) is 31.0 Å². The van der Waals surface area contributed by atoms with Crippen LogP contribution in [0.2, 0.25) is 0 Å². The zero-order chi connectivity index (χ0) is 21.2. The molecular formula is C24H29N3O3. The van der Waals surface area contributed by atoms with E-state index in [1.807, 2.05) is 17.0 Å². The van der Waals surface area contributed by atoms with Gasteiger partial charge in [0.1, 0.15) is 5.75 Å². The molecule has 1 saturated heterocycles. The van der Waals surface area contributed by atoms with Gasteiger partial charge in [0, 0.05) is 38.1 Å². The average molecular weight is 408 g/mol. The number of likely N-dealkylation sites (tertiary alicyclic amines) is 1. The van der Waals surface area contributed by atoms with Crippen molar-refractivity contribution in [3.8, 4) is 5.75 Å². The van der Waals surface area contributed by atoms with Crippen LogP contribution in [0.5, 0.6) is 5.75 Å². The van der Waals surface area contributed by atoms with Crippen molar-refractivity contribution < 1.29 is 14.7 Å². The molecule has 0 bridgehead atoms. The Morgan fingerprint density at radius 2 is 1.93 bits per heavy atom. The van der Waals surface area contributed by atoms with Crippen LogP contribution in [0.3, 0.4) is 0 Å². The topological polar surface area (TPSA) is 82.5 Å². The number of carbonyl (C=O) groups excluding carboxylic acids is 2. The molecule has 1 fully saturated rings. The Bertz CT molecular complexity index is 859. The van der Waals surface area contributed by atoms with E-state index in [1.165, 1.54) is 6.08 Å². The number of phenolic OH excluding ortho intramolecular Hbond substituents is 1. The lowest BCUT2D eigenvalue weighted by Crippen LogP contribution is -2.38. The van der Waals surface area contributed by atoms with Crippen molar-refractivity contribution in [2.75, 3.05) is 19.6 Å². The monoisotopic (exact) mass is 407 g/mol. The lowest BCUT2D eigenvalue weighted by molar-refractivity contribution is -0.116. The summed E-state index contributed by atoms with van der Waals surface area (Å²) in [6.07, 6.45) is 11.8. The number of rotatable bonds is 8. The van der Waals surface area contributed by atoms with Crippen molar-refractivity contribution in [3.05, 3.63) is 66.0 Å². The first-order valence-corrected chi connectivity index (χ1v) is 10.6. The Kier molecular flexibility index (Phi) is 8.01. The SMILES string of the molecule is O=C(/C=C/c1cccnc1)NCCCCC1CCN(C(=O)c2ccccc2O)CC1. The van der Waals surface area contributed by atoms with Gasteiger partial charge in [-0.2, -0.15) is 0 Å². The normalized spacial score (nSPS) is 14.7. The van der Waals surface area contributed by atoms with E-state index in [0.717, 1.165) is 50.8 Å². The number of hydrogen-bond donors (Lipinski definition) is 2. The molecule has 2 amide bonds. The van der Waals surface area contributed by atoms with E-state index in [4.69, 9.17) is 0 Å². The third-order valence-corrected chi connectivity index (χ3v) is 5.49. The summed E-state index contributed by atoms with van der Waals surface area (Å²) in [5, 5.41) is 12.8. The maximum absolute atomic E-state index is 12.6. The molecule has 0 atom stereocenters. The Morgan fingerprint density at radius 1 is 1.13 bits per heavy atom. The number of piperidine rings is 1. The van der Waals surface area contributed by atoms with Crippen LogP contribution in [0.1, 0.15) is 48.0 Å². The van der Waals surface area contributed by atoms with E-state index < -0.39 is 0 Å². The highest BCUT2D eigenvalue weighted by atomic mass is 16.3. The number of benzene rings is 1. The molecule has 1 aliphatic rings. The average Bonchev–Trinajstić information content (AvgIpc) is 2.78. The van der Waals surface area contributed by atoms with Crippen molar-refractivity contribution in [3.63, 3.8) is 0 Å². The number of nitrogens with zero attached hydrogens (tertiary/aromatic N) is 2. The number of phenols is 1. The van der Waals surface area contributed by atoms with Crippen molar-refractivity contribution in [2.45, 2.75) is 32.1 Å². The number of carbonyl (C=O) groups is 2. The molecular weight excluding hydrogens is 378 g/mol. The van der Waals surface area contributed by atoms with Gasteiger partial charge in [0.2, 0.25) is 5.91 Å². The molecule has 0 spiro atoms. The molecule has 0 aliphatic carbocycles. The Morgan fingerprint density at radius 3 is 2.67 bits per heavy atom. The first kappa shape index (κ1) is 21.6. The highest BCUT2D eigenvalue weighted by Gasteiger charge is 2.24. The highest BCUT2D eigenvalue weighted by Crippen LogP contribution is 2.25. The lowest BCUT2D eigenvalue weighted by atomic mass is 9.91. The lowest BCUT2D eigenvalue weighted by Gasteiger charge is -2.32. The van der Waals surface area contributed by atoms with E-state index in [2.05, 4.69) is 10.3 Å². The van der Waals surface area contributed by atoms with Gasteiger partial charge in [-0.3, -0.25) is 14.6 Å². The van der Waals surface area contributed by atoms with Crippen LogP contribution in [0, 0.1) is 5.92 Å². The summed E-state index contributed by atoms with van der Waals surface area (Å²) >= 11 is 0. The minimum absolute atomic E-state index is 0.0435. The Labute approximate surface area is 177 Å². The van der Waals surface area contributed by atoms with Crippen LogP contribution in [0.15, 0.2) is 54.9 Å². The molecule has 1 aliphatic heterocycles. The van der Waals surface area contributed by atoms with Gasteiger partial charge in [-0.25, -0.2) is 0 Å². The van der Waals surface area contributed by atoms with E-state index in [-0.39, 0.29) is 17.6 Å². The fraction of sp³-hybridized carbons (Fsp3) is 0.375. The number of aromatic nitrogens is 1. The summed E-state index contributed by atoms with van der Waals surface area (Å²) in [4.78, 5) is 30.2. The Balaban J connectivity index is 1.29. The molecule has 1 aromatic heterocycles. The molecule has 3 rings (SSSR count). The van der Waals surface area contributed by atoms with Crippen molar-refractivity contribution in [1.82, 2.24) is 15.2 Å². The standard InChI is InChI=1S/C24H29N3O3/c28-22-9-2-1-8-21(22)24(30)27-16-12-19(13-17-27)6-3-4-15-26-23(29)11-10-20-7-5-14-25-18-20/h1-2,5,7-11,14,18-19,28H,3-4,6,12-13,15-17H2,(H,26,29)/b11-10+. The second kappa shape index (κ2) is 11.1. The number of nitrogens with one attached hydrogen (secondary N) is 1. The predicted molar refractivity (Wildman–Crippen MR) is 117 cm³/mol. The van der Waals surface area contributed by atoms with Crippen LogP contribution in [-0.4, -0.2) is 46.4 Å². The molecule has 2 aromatic rings. The largest absolute Gasteiger partial charge is 0.507 e. The second-order valence-corrected chi connectivity index (χ2v) is 7.66. The van der Waals surface area contributed by atoms with E-state index >= 15 is 0 Å². The second-order valence-electron chi connectivity index (χ2n) is 7.66. The Hall–Kier alpha value is -3.15. The fourth-order valence-corrected chi connectivity index (χ4v) is 3.72. The third-order valence-electron chi connectivity index (χ3n) is 5.49. The minimum Gasteiger partial charge on any atom is -0.507 e. The van der Waals surface area contributed by atoms with Crippen LogP contribution in [0.4, 0.5) is 0 Å². The van der Waals surface area contributed by atoms with Gasteiger partial charge in [-0.05, 0) is 55.0 Å². The summed E-state index contributed by atoms with van der Waals surface area (Å²) < 4.78 is 0. The van der Waals surface area contributed by atoms with Gasteiger partial charge in [0.25, 0.3) is 5.91 Å². The van der Waals surface area contributed by atoms with Crippen LogP contribution in [-0.2, 0) is 4.79 Å². The molecule has 1 aromatic carbocycles. The predicted octanol–water partition coefficient (Wildman–Crippen LogP) is 3.64. The molecule has 2 heterocycles. The number of pyridine rings is 1. The van der Waals surface area contributed by atoms with Gasteiger partial charge in [-0.15, -0.1) is 0 Å². The van der Waals surface area contributed by atoms with Crippen molar-refractivity contribution in [2.24, 2.45) is 5.92 Å². The van der Waals surface area contributed by atoms with Crippen LogP contribution in [0.25, 0.3) is 6.08 Å². The smallest absolute Gasteiger partial charge is 0.257 e. The first-order chi connectivity index (χ1) is 14.6. The van der Waals surface area contributed by atoms with E-state index in [1.54, 1.807) is 42.7 Å². The zero-order valence-electron chi connectivity index (χ0n) is 17.2. The molecule has 158 valence electrons. The van der Waals surface area contributed by atoms with Gasteiger partial charge < -0.3 is 15.3 Å². The van der Waals surface area contributed by atoms with E-state index in [9.17, 15) is 14.7 Å². The first-order valence-electron chi connectivity index (χ1n) is 10.6. The van der Waals surface area contributed by atoms with Gasteiger partial charge in [0.15, 0.2) is 0 Å². The summed E-state index contributed by atoms with van der Waals surface area (Å²) in [6, 6.07) is 10.4. The maximum Gasteiger partial charge on any atom is 0.257 e. The molecule has 2 N–H and O–H groups in total. The summed E-state index contributed by atoms with van der Waals surface area (Å²) in [5.74, 6) is 0.477. The van der Waals surface area contributed by atoms with Crippen LogP contribution < -0.4 is 5.32 Å². The number of para-hydroxylation sites is 1. The van der Waals surface area contributed by atoms with Gasteiger partial charge in [0.05, 0.1) is 5.56 Å². The highest BCUT2D eigenvalue weighted by molar-refractivity contribution is 5.96. The quantitative estimate of drug-likeness (QED) is 0.517. The number of amides is 2. The van der Waals surface area contributed by atoms with Crippen molar-refractivity contribution >= 4 is 17.9 Å². The molecule has 30 heavy (non-hydrogen) atoms. The van der Waals surface area contributed by atoms with Crippen molar-refractivity contribution in [1.29, 1.82) is 0 Å². The van der Waals surface area contributed by atoms with Crippen LogP contribution >= 0.6 is 0 Å². The minimum atomic E-state index is -0.0893. The fourth-order valence-electron chi connectivity index (χ4n) is 3.72.